The van der Waals surface area contributed by atoms with Crippen LogP contribution in [0.5, 0.6) is 5.75 Å². The maximum atomic E-state index is 12.4. The zero-order chi connectivity index (χ0) is 20.0. The molecule has 0 spiro atoms. The Morgan fingerprint density at radius 3 is 2.74 bits per heavy atom. The Morgan fingerprint density at radius 2 is 2.07 bits per heavy atom. The molecule has 0 radical (unpaired) electrons. The van der Waals surface area contributed by atoms with Gasteiger partial charge < -0.3 is 24.4 Å². The Bertz CT molecular complexity index is 705. The Balaban J connectivity index is 1.99. The number of hydrogen-bond donors (Lipinski definition) is 1. The predicted octanol–water partition coefficient (Wildman–Crippen LogP) is 1.05. The summed E-state index contributed by atoms with van der Waals surface area (Å²) >= 11 is 0. The number of nitrogens with one attached hydrogen (secondary N) is 1. The lowest BCUT2D eigenvalue weighted by Crippen LogP contribution is -2.38. The van der Waals surface area contributed by atoms with Crippen LogP contribution in [0.1, 0.15) is 18.9 Å². The summed E-state index contributed by atoms with van der Waals surface area (Å²) < 4.78 is 15.4. The summed E-state index contributed by atoms with van der Waals surface area (Å²) in [5, 5.41) is 2.61. The number of amides is 2. The first-order chi connectivity index (χ1) is 12.9. The maximum absolute atomic E-state index is 12.4. The minimum absolute atomic E-state index is 0.0357. The Hall–Kier alpha value is -2.61. The van der Waals surface area contributed by atoms with E-state index in [0.29, 0.717) is 24.6 Å². The van der Waals surface area contributed by atoms with E-state index in [4.69, 9.17) is 14.2 Å². The lowest BCUT2D eigenvalue weighted by Gasteiger charge is -2.20. The van der Waals surface area contributed by atoms with Crippen LogP contribution < -0.4 is 15.0 Å². The van der Waals surface area contributed by atoms with Crippen molar-refractivity contribution in [3.63, 3.8) is 0 Å². The Morgan fingerprint density at radius 1 is 1.33 bits per heavy atom. The molecule has 148 valence electrons. The molecule has 0 unspecified atom stereocenters. The van der Waals surface area contributed by atoms with Gasteiger partial charge in [0, 0.05) is 26.6 Å². The van der Waals surface area contributed by atoms with E-state index in [9.17, 15) is 14.4 Å². The van der Waals surface area contributed by atoms with Crippen molar-refractivity contribution in [3.8, 4) is 5.75 Å². The number of carbonyl (C=O) groups excluding carboxylic acids is 3. The molecule has 0 bridgehead atoms. The molecule has 27 heavy (non-hydrogen) atoms. The third-order valence-electron chi connectivity index (χ3n) is 4.35. The molecule has 2 rings (SSSR count). The van der Waals surface area contributed by atoms with Crippen molar-refractivity contribution < 1.29 is 28.6 Å². The highest BCUT2D eigenvalue weighted by Gasteiger charge is 2.38. The smallest absolute Gasteiger partial charge is 0.312 e. The summed E-state index contributed by atoms with van der Waals surface area (Å²) in [6.45, 7) is 4.31. The first-order valence-electron chi connectivity index (χ1n) is 8.79. The molecule has 1 fully saturated rings. The van der Waals surface area contributed by atoms with Crippen LogP contribution in [0.4, 0.5) is 5.69 Å². The molecule has 1 heterocycles. The molecule has 0 aliphatic carbocycles. The largest absolute Gasteiger partial charge is 0.495 e. The summed E-state index contributed by atoms with van der Waals surface area (Å²) in [4.78, 5) is 38.3. The van der Waals surface area contributed by atoms with Crippen LogP contribution >= 0.6 is 0 Å². The van der Waals surface area contributed by atoms with Crippen LogP contribution in [0.25, 0.3) is 0 Å². The summed E-state index contributed by atoms with van der Waals surface area (Å²) in [6, 6.07) is 5.52. The fourth-order valence-electron chi connectivity index (χ4n) is 2.85. The van der Waals surface area contributed by atoms with Gasteiger partial charge in [0.25, 0.3) is 5.91 Å². The number of aryl methyl sites for hydroxylation is 1. The minimum atomic E-state index is -0.938. The fraction of sp³-hybridized carbons (Fsp3) is 0.526. The number of benzene rings is 1. The second-order valence-electron chi connectivity index (χ2n) is 6.44. The van der Waals surface area contributed by atoms with Crippen LogP contribution in [-0.4, -0.2) is 57.8 Å². The van der Waals surface area contributed by atoms with Crippen molar-refractivity contribution in [1.29, 1.82) is 0 Å². The highest BCUT2D eigenvalue weighted by Crippen LogP contribution is 2.34. The minimum Gasteiger partial charge on any atom is -0.495 e. The highest BCUT2D eigenvalue weighted by molar-refractivity contribution is 6.00. The zero-order valence-electron chi connectivity index (χ0n) is 16.1. The summed E-state index contributed by atoms with van der Waals surface area (Å²) in [6.07, 6.45) is -0.902. The van der Waals surface area contributed by atoms with E-state index in [0.717, 1.165) is 5.56 Å². The van der Waals surface area contributed by atoms with E-state index in [2.05, 4.69) is 5.32 Å². The molecular weight excluding hydrogens is 352 g/mol. The second kappa shape index (κ2) is 9.36. The third kappa shape index (κ3) is 5.19. The van der Waals surface area contributed by atoms with Gasteiger partial charge in [-0.1, -0.05) is 6.07 Å². The van der Waals surface area contributed by atoms with Crippen LogP contribution in [-0.2, 0) is 23.9 Å². The zero-order valence-corrected chi connectivity index (χ0v) is 16.1. The topological polar surface area (TPSA) is 94.2 Å². The second-order valence-corrected chi connectivity index (χ2v) is 6.44. The average Bonchev–Trinajstić information content (AvgIpc) is 3.03. The molecule has 1 aromatic rings. The molecule has 2 amide bonds. The summed E-state index contributed by atoms with van der Waals surface area (Å²) in [7, 11) is 3.06. The number of anilines is 1. The van der Waals surface area contributed by atoms with Gasteiger partial charge >= 0.3 is 5.97 Å². The molecule has 1 saturated heterocycles. The van der Waals surface area contributed by atoms with Gasteiger partial charge in [0.2, 0.25) is 5.91 Å². The van der Waals surface area contributed by atoms with Crippen molar-refractivity contribution in [1.82, 2.24) is 5.32 Å². The fourth-order valence-corrected chi connectivity index (χ4v) is 2.85. The quantitative estimate of drug-likeness (QED) is 0.537. The van der Waals surface area contributed by atoms with Crippen LogP contribution in [0, 0.1) is 12.8 Å². The number of esters is 1. The monoisotopic (exact) mass is 378 g/mol. The van der Waals surface area contributed by atoms with Gasteiger partial charge in [-0.15, -0.1) is 0 Å². The van der Waals surface area contributed by atoms with Crippen LogP contribution in [0.3, 0.4) is 0 Å². The maximum Gasteiger partial charge on any atom is 0.312 e. The van der Waals surface area contributed by atoms with E-state index in [1.54, 1.807) is 6.07 Å². The number of hydrogen-bond acceptors (Lipinski definition) is 6. The lowest BCUT2D eigenvalue weighted by molar-refractivity contribution is -0.158. The summed E-state index contributed by atoms with van der Waals surface area (Å²) in [5.74, 6) is -1.21. The van der Waals surface area contributed by atoms with Crippen molar-refractivity contribution in [2.45, 2.75) is 26.4 Å². The van der Waals surface area contributed by atoms with Gasteiger partial charge in [-0.25, -0.2) is 0 Å². The van der Waals surface area contributed by atoms with Gasteiger partial charge in [0.05, 0.1) is 25.3 Å². The van der Waals surface area contributed by atoms with Gasteiger partial charge in [0.1, 0.15) is 5.75 Å². The Labute approximate surface area is 158 Å². The van der Waals surface area contributed by atoms with Gasteiger partial charge in [-0.2, -0.15) is 0 Å². The molecular formula is C19H26N2O6. The van der Waals surface area contributed by atoms with Crippen LogP contribution in [0.2, 0.25) is 0 Å². The normalized spacial score (nSPS) is 17.6. The van der Waals surface area contributed by atoms with Crippen molar-refractivity contribution in [3.05, 3.63) is 23.8 Å². The molecule has 1 aromatic carbocycles. The molecule has 8 nitrogen and oxygen atoms in total. The first-order valence-corrected chi connectivity index (χ1v) is 8.79. The molecule has 2 atom stereocenters. The van der Waals surface area contributed by atoms with E-state index in [1.165, 1.54) is 26.0 Å². The number of carbonyl (C=O) groups is 3. The lowest BCUT2D eigenvalue weighted by atomic mass is 10.1. The SMILES string of the molecule is COCCNC(=O)[C@H](C)OC(=O)[C@@H]1CC(=O)N(c2cc(C)ccc2OC)C1. The molecule has 0 aromatic heterocycles. The molecule has 1 aliphatic rings. The van der Waals surface area contributed by atoms with Crippen LogP contribution in [0.15, 0.2) is 18.2 Å². The van der Waals surface area contributed by atoms with Crippen molar-refractivity contribution >= 4 is 23.5 Å². The van der Waals surface area contributed by atoms with Gasteiger partial charge in [-0.3, -0.25) is 14.4 Å². The molecule has 1 N–H and O–H groups in total. The molecule has 1 aliphatic heterocycles. The first kappa shape index (κ1) is 20.7. The van der Waals surface area contributed by atoms with E-state index in [1.807, 2.05) is 19.1 Å². The van der Waals surface area contributed by atoms with Gasteiger partial charge in [-0.05, 0) is 31.5 Å². The van der Waals surface area contributed by atoms with Gasteiger partial charge in [0.15, 0.2) is 6.10 Å². The highest BCUT2D eigenvalue weighted by atomic mass is 16.5. The number of ether oxygens (including phenoxy) is 3. The third-order valence-corrected chi connectivity index (χ3v) is 4.35. The average molecular weight is 378 g/mol. The van der Waals surface area contributed by atoms with E-state index >= 15 is 0 Å². The van der Waals surface area contributed by atoms with E-state index < -0.39 is 23.9 Å². The number of nitrogens with zero attached hydrogens (tertiary/aromatic N) is 1. The predicted molar refractivity (Wildman–Crippen MR) is 98.6 cm³/mol. The standard InChI is InChI=1S/C19H26N2O6/c1-12-5-6-16(26-4)15(9-12)21-11-14(10-17(21)22)19(24)27-13(2)18(23)20-7-8-25-3/h5-6,9,13-14H,7-8,10-11H2,1-4H3,(H,20,23)/t13-,14+/m0/s1. The number of rotatable bonds is 8. The molecule has 8 heteroatoms. The van der Waals surface area contributed by atoms with E-state index in [-0.39, 0.29) is 18.9 Å². The van der Waals surface area contributed by atoms with Crippen molar-refractivity contribution in [2.75, 3.05) is 38.8 Å². The van der Waals surface area contributed by atoms with Crippen molar-refractivity contribution in [2.24, 2.45) is 5.92 Å². The Kier molecular flexibility index (Phi) is 7.18. The molecule has 0 saturated carbocycles. The summed E-state index contributed by atoms with van der Waals surface area (Å²) in [5.41, 5.74) is 1.61. The number of methoxy groups -OCH3 is 2.